The molecule has 0 fully saturated rings. The van der Waals surface area contributed by atoms with Crippen LogP contribution in [0.25, 0.3) is 10.7 Å². The van der Waals surface area contributed by atoms with Crippen molar-refractivity contribution >= 4 is 17.2 Å². The van der Waals surface area contributed by atoms with Gasteiger partial charge in [-0.2, -0.15) is 0 Å². The molecule has 0 amide bonds. The molecule has 2 rings (SSSR count). The molecular weight excluding hydrogens is 254 g/mol. The maximum absolute atomic E-state index is 4.67. The minimum Gasteiger partial charge on any atom is -0.370 e. The summed E-state index contributed by atoms with van der Waals surface area (Å²) in [6.07, 6.45) is 3.20. The van der Waals surface area contributed by atoms with Gasteiger partial charge in [0.2, 0.25) is 0 Å². The summed E-state index contributed by atoms with van der Waals surface area (Å²) in [5.41, 5.74) is 1.12. The number of hydrogen-bond donors (Lipinski definition) is 1. The van der Waals surface area contributed by atoms with Gasteiger partial charge in [0.25, 0.3) is 0 Å². The van der Waals surface area contributed by atoms with E-state index in [2.05, 4.69) is 54.3 Å². The molecule has 4 heteroatoms. The highest BCUT2D eigenvalue weighted by Gasteiger charge is 2.08. The zero-order chi connectivity index (χ0) is 13.7. The van der Waals surface area contributed by atoms with Crippen molar-refractivity contribution < 1.29 is 0 Å². The first kappa shape index (κ1) is 14.0. The van der Waals surface area contributed by atoms with Crippen LogP contribution in [-0.4, -0.2) is 16.5 Å². The third-order valence-corrected chi connectivity index (χ3v) is 3.80. The fourth-order valence-corrected chi connectivity index (χ4v) is 2.69. The number of hydrogen-bond acceptors (Lipinski definition) is 4. The van der Waals surface area contributed by atoms with E-state index in [1.54, 1.807) is 11.3 Å². The Hall–Kier alpha value is -1.42. The molecule has 102 valence electrons. The highest BCUT2D eigenvalue weighted by Crippen LogP contribution is 2.26. The van der Waals surface area contributed by atoms with Gasteiger partial charge in [0, 0.05) is 23.2 Å². The van der Waals surface area contributed by atoms with Crippen molar-refractivity contribution in [2.45, 2.75) is 40.0 Å². The van der Waals surface area contributed by atoms with Crippen molar-refractivity contribution in [1.82, 2.24) is 9.97 Å². The number of aromatic nitrogens is 2. The average Bonchev–Trinajstić information content (AvgIpc) is 2.83. The first-order valence-corrected chi connectivity index (χ1v) is 7.73. The van der Waals surface area contributed by atoms with Gasteiger partial charge in [0.15, 0.2) is 5.82 Å². The Morgan fingerprint density at radius 2 is 2.00 bits per heavy atom. The van der Waals surface area contributed by atoms with Crippen molar-refractivity contribution in [3.63, 3.8) is 0 Å². The first-order chi connectivity index (χ1) is 9.22. The minimum absolute atomic E-state index is 0.850. The lowest BCUT2D eigenvalue weighted by Crippen LogP contribution is -2.05. The number of anilines is 1. The minimum atomic E-state index is 0.850. The molecule has 19 heavy (non-hydrogen) atoms. The molecular formula is C15H21N3S. The van der Waals surface area contributed by atoms with Gasteiger partial charge in [-0.1, -0.05) is 20.3 Å². The molecule has 0 aromatic carbocycles. The Morgan fingerprint density at radius 1 is 1.16 bits per heavy atom. The van der Waals surface area contributed by atoms with E-state index in [-0.39, 0.29) is 0 Å². The van der Waals surface area contributed by atoms with E-state index < -0.39 is 0 Å². The third kappa shape index (κ3) is 3.77. The predicted octanol–water partition coefficient (Wildman–Crippen LogP) is 4.29. The Balaban J connectivity index is 2.33. The molecule has 0 bridgehead atoms. The molecule has 1 N–H and O–H groups in total. The van der Waals surface area contributed by atoms with Crippen LogP contribution in [0.5, 0.6) is 0 Å². The van der Waals surface area contributed by atoms with E-state index in [9.17, 15) is 0 Å². The van der Waals surface area contributed by atoms with E-state index >= 15 is 0 Å². The maximum Gasteiger partial charge on any atom is 0.171 e. The summed E-state index contributed by atoms with van der Waals surface area (Å²) in [6.45, 7) is 7.40. The predicted molar refractivity (Wildman–Crippen MR) is 82.9 cm³/mol. The molecule has 0 saturated heterocycles. The zero-order valence-corrected chi connectivity index (χ0v) is 12.7. The second-order valence-electron chi connectivity index (χ2n) is 4.66. The Bertz CT molecular complexity index is 534. The van der Waals surface area contributed by atoms with Gasteiger partial charge in [-0.3, -0.25) is 0 Å². The molecule has 0 unspecified atom stereocenters. The van der Waals surface area contributed by atoms with Crippen LogP contribution in [0, 0.1) is 6.92 Å². The summed E-state index contributed by atoms with van der Waals surface area (Å²) in [7, 11) is 0. The summed E-state index contributed by atoms with van der Waals surface area (Å²) >= 11 is 1.75. The van der Waals surface area contributed by atoms with Gasteiger partial charge in [-0.15, -0.1) is 11.3 Å². The molecule has 0 radical (unpaired) electrons. The molecule has 0 spiro atoms. The van der Waals surface area contributed by atoms with Crippen molar-refractivity contribution in [3.8, 4) is 10.7 Å². The second kappa shape index (κ2) is 6.66. The lowest BCUT2D eigenvalue weighted by atomic mass is 10.2. The van der Waals surface area contributed by atoms with Gasteiger partial charge in [0.05, 0.1) is 4.88 Å². The Morgan fingerprint density at radius 3 is 2.63 bits per heavy atom. The van der Waals surface area contributed by atoms with Crippen molar-refractivity contribution in [2.24, 2.45) is 0 Å². The van der Waals surface area contributed by atoms with Crippen LogP contribution in [0.1, 0.15) is 37.3 Å². The molecule has 0 aliphatic rings. The van der Waals surface area contributed by atoms with E-state index in [0.717, 1.165) is 48.0 Å². The monoisotopic (exact) mass is 275 g/mol. The molecule has 0 saturated carbocycles. The summed E-state index contributed by atoms with van der Waals surface area (Å²) in [5, 5.41) is 3.36. The maximum atomic E-state index is 4.67. The van der Waals surface area contributed by atoms with E-state index in [1.807, 2.05) is 0 Å². The fourth-order valence-electron chi connectivity index (χ4n) is 1.89. The van der Waals surface area contributed by atoms with Crippen molar-refractivity contribution in [1.29, 1.82) is 0 Å². The van der Waals surface area contributed by atoms with Crippen molar-refractivity contribution in [3.05, 3.63) is 28.8 Å². The van der Waals surface area contributed by atoms with Crippen LogP contribution in [0.2, 0.25) is 0 Å². The fraction of sp³-hybridized carbons (Fsp3) is 0.467. The zero-order valence-electron chi connectivity index (χ0n) is 11.9. The third-order valence-electron chi connectivity index (χ3n) is 2.80. The van der Waals surface area contributed by atoms with E-state index in [1.165, 1.54) is 4.88 Å². The molecule has 2 aromatic rings. The number of nitrogens with one attached hydrogen (secondary N) is 1. The lowest BCUT2D eigenvalue weighted by Gasteiger charge is -2.08. The molecule has 2 heterocycles. The van der Waals surface area contributed by atoms with Crippen LogP contribution in [0.4, 0.5) is 5.82 Å². The van der Waals surface area contributed by atoms with Gasteiger partial charge < -0.3 is 5.32 Å². The standard InChI is InChI=1S/C15H21N3S/c1-4-6-12-10-14(16-9-5-2)18-15(17-12)13-8-7-11(3)19-13/h7-8,10H,4-6,9H2,1-3H3,(H,16,17,18). The van der Waals surface area contributed by atoms with Crippen LogP contribution < -0.4 is 5.32 Å². The Labute approximate surface area is 119 Å². The second-order valence-corrected chi connectivity index (χ2v) is 5.94. The topological polar surface area (TPSA) is 37.8 Å². The van der Waals surface area contributed by atoms with Gasteiger partial charge >= 0.3 is 0 Å². The van der Waals surface area contributed by atoms with Crippen molar-refractivity contribution in [2.75, 3.05) is 11.9 Å². The highest BCUT2D eigenvalue weighted by atomic mass is 32.1. The highest BCUT2D eigenvalue weighted by molar-refractivity contribution is 7.15. The normalized spacial score (nSPS) is 10.7. The molecule has 0 aliphatic carbocycles. The van der Waals surface area contributed by atoms with Gasteiger partial charge in [-0.05, 0) is 31.9 Å². The smallest absolute Gasteiger partial charge is 0.171 e. The molecule has 0 atom stereocenters. The van der Waals surface area contributed by atoms with Crippen LogP contribution >= 0.6 is 11.3 Å². The number of nitrogens with zero attached hydrogens (tertiary/aromatic N) is 2. The van der Waals surface area contributed by atoms with Crippen LogP contribution in [0.3, 0.4) is 0 Å². The SMILES string of the molecule is CCCNc1cc(CCC)nc(-c2ccc(C)s2)n1. The largest absolute Gasteiger partial charge is 0.370 e. The lowest BCUT2D eigenvalue weighted by molar-refractivity contribution is 0.873. The van der Waals surface area contributed by atoms with Crippen LogP contribution in [0.15, 0.2) is 18.2 Å². The van der Waals surface area contributed by atoms with E-state index in [4.69, 9.17) is 0 Å². The van der Waals surface area contributed by atoms with Crippen LogP contribution in [-0.2, 0) is 6.42 Å². The summed E-state index contributed by atoms with van der Waals surface area (Å²) < 4.78 is 0. The molecule has 0 aliphatic heterocycles. The molecule has 3 nitrogen and oxygen atoms in total. The van der Waals surface area contributed by atoms with Gasteiger partial charge in [-0.25, -0.2) is 9.97 Å². The number of thiophene rings is 1. The average molecular weight is 275 g/mol. The number of rotatable bonds is 6. The number of aryl methyl sites for hydroxylation is 2. The summed E-state index contributed by atoms with van der Waals surface area (Å²) in [5.74, 6) is 1.80. The van der Waals surface area contributed by atoms with E-state index in [0.29, 0.717) is 0 Å². The molecule has 2 aromatic heterocycles. The summed E-state index contributed by atoms with van der Waals surface area (Å²) in [6, 6.07) is 6.30. The van der Waals surface area contributed by atoms with Gasteiger partial charge in [0.1, 0.15) is 5.82 Å². The Kier molecular flexibility index (Phi) is 4.91. The summed E-state index contributed by atoms with van der Waals surface area (Å²) in [4.78, 5) is 11.7. The first-order valence-electron chi connectivity index (χ1n) is 6.91. The quantitative estimate of drug-likeness (QED) is 0.854.